The lowest BCUT2D eigenvalue weighted by atomic mass is 10.1. The van der Waals surface area contributed by atoms with E-state index in [0.717, 1.165) is 18.4 Å². The average Bonchev–Trinajstić information content (AvgIpc) is 3.24. The second-order valence-corrected chi connectivity index (χ2v) is 7.22. The summed E-state index contributed by atoms with van der Waals surface area (Å²) < 4.78 is 32.5. The van der Waals surface area contributed by atoms with Crippen LogP contribution in [0.15, 0.2) is 17.0 Å². The number of hydrogen-bond donors (Lipinski definition) is 2. The molecule has 1 aromatic rings. The third-order valence-electron chi connectivity index (χ3n) is 3.43. The maximum absolute atomic E-state index is 12.3. The Bertz CT molecular complexity index is 666. The number of benzene rings is 1. The number of sulfonamides is 1. The second-order valence-electron chi connectivity index (χ2n) is 5.48. The third kappa shape index (κ3) is 4.20. The van der Waals surface area contributed by atoms with Gasteiger partial charge < -0.3 is 10.1 Å². The molecule has 1 aromatic carbocycles. The van der Waals surface area contributed by atoms with Gasteiger partial charge in [0.25, 0.3) is 0 Å². The van der Waals surface area contributed by atoms with Crippen molar-refractivity contribution >= 4 is 15.9 Å². The lowest BCUT2D eigenvalue weighted by molar-refractivity contribution is -0.120. The Hall–Kier alpha value is -1.60. The first-order valence-electron chi connectivity index (χ1n) is 7.36. The summed E-state index contributed by atoms with van der Waals surface area (Å²) in [6.45, 7) is 5.65. The van der Waals surface area contributed by atoms with Crippen LogP contribution in [0.1, 0.15) is 30.9 Å². The minimum Gasteiger partial charge on any atom is -0.494 e. The zero-order valence-electron chi connectivity index (χ0n) is 13.1. The molecule has 0 atom stereocenters. The van der Waals surface area contributed by atoms with Crippen molar-refractivity contribution in [3.8, 4) is 5.75 Å². The highest BCUT2D eigenvalue weighted by Crippen LogP contribution is 2.25. The topological polar surface area (TPSA) is 84.5 Å². The molecule has 0 bridgehead atoms. The quantitative estimate of drug-likeness (QED) is 0.790. The van der Waals surface area contributed by atoms with Crippen molar-refractivity contribution in [2.24, 2.45) is 0 Å². The third-order valence-corrected chi connectivity index (χ3v) is 4.97. The summed E-state index contributed by atoms with van der Waals surface area (Å²) in [6, 6.07) is 3.49. The van der Waals surface area contributed by atoms with Crippen molar-refractivity contribution in [1.82, 2.24) is 10.0 Å². The number of carbonyl (C=O) groups is 1. The van der Waals surface area contributed by atoms with Crippen LogP contribution < -0.4 is 14.8 Å². The van der Waals surface area contributed by atoms with Gasteiger partial charge in [0.05, 0.1) is 18.0 Å². The van der Waals surface area contributed by atoms with E-state index in [9.17, 15) is 13.2 Å². The monoisotopic (exact) mass is 326 g/mol. The van der Waals surface area contributed by atoms with Crippen LogP contribution in [-0.2, 0) is 14.8 Å². The van der Waals surface area contributed by atoms with Crippen LogP contribution in [0.3, 0.4) is 0 Å². The van der Waals surface area contributed by atoms with Crippen molar-refractivity contribution in [2.45, 2.75) is 44.6 Å². The maximum Gasteiger partial charge on any atom is 0.241 e. The first kappa shape index (κ1) is 16.8. The maximum atomic E-state index is 12.3. The SMILES string of the molecule is CCOc1cc(C)c(S(=O)(=O)NCC(=O)NC2CC2)cc1C. The van der Waals surface area contributed by atoms with Crippen LogP contribution in [-0.4, -0.2) is 33.5 Å². The molecular weight excluding hydrogens is 304 g/mol. The van der Waals surface area contributed by atoms with Crippen LogP contribution in [0.5, 0.6) is 5.75 Å². The molecule has 0 unspecified atom stereocenters. The first-order valence-corrected chi connectivity index (χ1v) is 8.85. The molecule has 1 amide bonds. The Labute approximate surface area is 131 Å². The number of rotatable bonds is 7. The molecule has 2 rings (SSSR count). The van der Waals surface area contributed by atoms with Crippen molar-refractivity contribution in [3.05, 3.63) is 23.3 Å². The number of amides is 1. The van der Waals surface area contributed by atoms with E-state index in [-0.39, 0.29) is 23.4 Å². The minimum absolute atomic E-state index is 0.174. The molecule has 0 aliphatic heterocycles. The molecule has 1 aliphatic rings. The highest BCUT2D eigenvalue weighted by molar-refractivity contribution is 7.89. The molecular formula is C15H22N2O4S. The molecule has 0 saturated heterocycles. The van der Waals surface area contributed by atoms with Crippen LogP contribution in [0, 0.1) is 13.8 Å². The van der Waals surface area contributed by atoms with E-state index < -0.39 is 10.0 Å². The van der Waals surface area contributed by atoms with Gasteiger partial charge >= 0.3 is 0 Å². The van der Waals surface area contributed by atoms with E-state index in [0.29, 0.717) is 17.9 Å². The standard InChI is InChI=1S/C15H22N2O4S/c1-4-21-13-7-11(3)14(8-10(13)2)22(19,20)16-9-15(18)17-12-5-6-12/h7-8,12,16H,4-6,9H2,1-3H3,(H,17,18). The Kier molecular flexibility index (Phi) is 5.08. The molecule has 1 fully saturated rings. The summed E-state index contributed by atoms with van der Waals surface area (Å²) in [5.41, 5.74) is 1.33. The van der Waals surface area contributed by atoms with Gasteiger partial charge in [-0.15, -0.1) is 0 Å². The zero-order valence-corrected chi connectivity index (χ0v) is 13.9. The van der Waals surface area contributed by atoms with E-state index >= 15 is 0 Å². The fraction of sp³-hybridized carbons (Fsp3) is 0.533. The Morgan fingerprint density at radius 3 is 2.55 bits per heavy atom. The fourth-order valence-electron chi connectivity index (χ4n) is 2.11. The van der Waals surface area contributed by atoms with Crippen molar-refractivity contribution < 1.29 is 17.9 Å². The van der Waals surface area contributed by atoms with E-state index in [2.05, 4.69) is 10.0 Å². The summed E-state index contributed by atoms with van der Waals surface area (Å²) >= 11 is 0. The molecule has 0 radical (unpaired) electrons. The molecule has 2 N–H and O–H groups in total. The molecule has 0 heterocycles. The fourth-order valence-corrected chi connectivity index (χ4v) is 3.40. The van der Waals surface area contributed by atoms with E-state index in [1.54, 1.807) is 26.0 Å². The van der Waals surface area contributed by atoms with Gasteiger partial charge in [-0.1, -0.05) is 0 Å². The molecule has 122 valence electrons. The highest BCUT2D eigenvalue weighted by Gasteiger charge is 2.24. The Morgan fingerprint density at radius 2 is 1.95 bits per heavy atom. The first-order chi connectivity index (χ1) is 10.3. The molecule has 0 aromatic heterocycles. The predicted molar refractivity (Wildman–Crippen MR) is 83.4 cm³/mol. The summed E-state index contributed by atoms with van der Waals surface area (Å²) in [5, 5.41) is 2.74. The van der Waals surface area contributed by atoms with Gasteiger partial charge in [-0.2, -0.15) is 0 Å². The van der Waals surface area contributed by atoms with Crippen molar-refractivity contribution in [3.63, 3.8) is 0 Å². The van der Waals surface area contributed by atoms with Gasteiger partial charge in [0.1, 0.15) is 5.75 Å². The molecule has 7 heteroatoms. The van der Waals surface area contributed by atoms with Gasteiger partial charge in [0.15, 0.2) is 0 Å². The molecule has 6 nitrogen and oxygen atoms in total. The van der Waals surface area contributed by atoms with Crippen LogP contribution >= 0.6 is 0 Å². The van der Waals surface area contributed by atoms with E-state index in [1.807, 2.05) is 6.92 Å². The molecule has 22 heavy (non-hydrogen) atoms. The van der Waals surface area contributed by atoms with Gasteiger partial charge in [0.2, 0.25) is 15.9 Å². The second kappa shape index (κ2) is 6.66. The number of hydrogen-bond acceptors (Lipinski definition) is 4. The van der Waals surface area contributed by atoms with Gasteiger partial charge in [-0.05, 0) is 56.9 Å². The Morgan fingerprint density at radius 1 is 1.27 bits per heavy atom. The summed E-state index contributed by atoms with van der Waals surface area (Å²) in [6.07, 6.45) is 1.94. The largest absolute Gasteiger partial charge is 0.494 e. The summed E-state index contributed by atoms with van der Waals surface area (Å²) in [4.78, 5) is 11.8. The lowest BCUT2D eigenvalue weighted by Gasteiger charge is -2.13. The number of ether oxygens (including phenoxy) is 1. The van der Waals surface area contributed by atoms with Gasteiger partial charge in [-0.3, -0.25) is 4.79 Å². The smallest absolute Gasteiger partial charge is 0.241 e. The van der Waals surface area contributed by atoms with Crippen molar-refractivity contribution in [2.75, 3.05) is 13.2 Å². The molecule has 0 spiro atoms. The highest BCUT2D eigenvalue weighted by atomic mass is 32.2. The van der Waals surface area contributed by atoms with Crippen LogP contribution in [0.4, 0.5) is 0 Å². The summed E-state index contributed by atoms with van der Waals surface area (Å²) in [7, 11) is -3.72. The van der Waals surface area contributed by atoms with Crippen LogP contribution in [0.25, 0.3) is 0 Å². The van der Waals surface area contributed by atoms with Crippen molar-refractivity contribution in [1.29, 1.82) is 0 Å². The number of aryl methyl sites for hydroxylation is 2. The molecule has 1 aliphatic carbocycles. The number of nitrogens with one attached hydrogen (secondary N) is 2. The normalized spacial score (nSPS) is 14.7. The Balaban J connectivity index is 2.10. The lowest BCUT2D eigenvalue weighted by Crippen LogP contribution is -2.38. The van der Waals surface area contributed by atoms with Gasteiger partial charge in [0, 0.05) is 6.04 Å². The van der Waals surface area contributed by atoms with Gasteiger partial charge in [-0.25, -0.2) is 13.1 Å². The average molecular weight is 326 g/mol. The number of carbonyl (C=O) groups excluding carboxylic acids is 1. The van der Waals surface area contributed by atoms with Crippen LogP contribution in [0.2, 0.25) is 0 Å². The van der Waals surface area contributed by atoms with E-state index in [1.165, 1.54) is 0 Å². The van der Waals surface area contributed by atoms with E-state index in [4.69, 9.17) is 4.74 Å². The summed E-state index contributed by atoms with van der Waals surface area (Å²) in [5.74, 6) is 0.372. The zero-order chi connectivity index (χ0) is 16.3. The predicted octanol–water partition coefficient (Wildman–Crippen LogP) is 1.26. The molecule has 1 saturated carbocycles. The minimum atomic E-state index is -3.72.